The maximum atomic E-state index is 6.15. The molecule has 0 saturated heterocycles. The van der Waals surface area contributed by atoms with E-state index in [0.29, 0.717) is 16.7 Å². The fraction of sp³-hybridized carbons (Fsp3) is 0.286. The average Bonchev–Trinajstić information content (AvgIpc) is 2.35. The first-order valence-corrected chi connectivity index (χ1v) is 7.52. The molecule has 0 atom stereocenters. The molecule has 20 heavy (non-hydrogen) atoms. The average molecular weight is 356 g/mol. The van der Waals surface area contributed by atoms with Gasteiger partial charge in [0.1, 0.15) is 17.5 Å². The van der Waals surface area contributed by atoms with Gasteiger partial charge in [-0.15, -0.1) is 0 Å². The Balaban J connectivity index is 2.32. The zero-order valence-corrected chi connectivity index (χ0v) is 13.7. The van der Waals surface area contributed by atoms with Crippen LogP contribution in [0.5, 0.6) is 0 Å². The SMILES string of the molecule is CCCc1nc(N)cc(Nc2cc(Cl)c(C)cc2Br)n1. The molecule has 0 aliphatic carbocycles. The Morgan fingerprint density at radius 1 is 1.30 bits per heavy atom. The lowest BCUT2D eigenvalue weighted by molar-refractivity contribution is 0.839. The van der Waals surface area contributed by atoms with Crippen LogP contribution in [-0.4, -0.2) is 9.97 Å². The van der Waals surface area contributed by atoms with Gasteiger partial charge < -0.3 is 11.1 Å². The number of nitrogens with zero attached hydrogens (tertiary/aromatic N) is 2. The highest BCUT2D eigenvalue weighted by atomic mass is 79.9. The fourth-order valence-corrected chi connectivity index (χ4v) is 2.52. The Bertz CT molecular complexity index is 631. The number of anilines is 3. The van der Waals surface area contributed by atoms with Crippen molar-refractivity contribution in [2.45, 2.75) is 26.7 Å². The molecule has 0 spiro atoms. The van der Waals surface area contributed by atoms with Crippen molar-refractivity contribution in [2.24, 2.45) is 0 Å². The molecule has 1 aromatic carbocycles. The molecule has 1 heterocycles. The molecule has 0 bridgehead atoms. The molecular formula is C14H16BrClN4. The van der Waals surface area contributed by atoms with Crippen molar-refractivity contribution in [1.29, 1.82) is 0 Å². The van der Waals surface area contributed by atoms with Gasteiger partial charge >= 0.3 is 0 Å². The number of benzene rings is 1. The standard InChI is InChI=1S/C14H16BrClN4/c1-3-4-13-19-12(17)7-14(20-13)18-11-6-10(16)8(2)5-9(11)15/h5-7H,3-4H2,1-2H3,(H3,17,18,19,20). The first-order chi connectivity index (χ1) is 9.49. The Kier molecular flexibility index (Phi) is 4.83. The van der Waals surface area contributed by atoms with Crippen LogP contribution in [0, 0.1) is 6.92 Å². The van der Waals surface area contributed by atoms with E-state index in [1.54, 1.807) is 6.07 Å². The maximum absolute atomic E-state index is 6.15. The maximum Gasteiger partial charge on any atom is 0.136 e. The Morgan fingerprint density at radius 3 is 2.75 bits per heavy atom. The molecule has 1 aromatic heterocycles. The number of rotatable bonds is 4. The van der Waals surface area contributed by atoms with Crippen molar-refractivity contribution >= 4 is 44.9 Å². The lowest BCUT2D eigenvalue weighted by Gasteiger charge is -2.11. The van der Waals surface area contributed by atoms with Crippen LogP contribution in [0.25, 0.3) is 0 Å². The first kappa shape index (κ1) is 15.1. The number of nitrogens with two attached hydrogens (primary N) is 1. The molecule has 0 saturated carbocycles. The molecule has 0 aliphatic rings. The minimum Gasteiger partial charge on any atom is -0.384 e. The second kappa shape index (κ2) is 6.41. The molecule has 106 valence electrons. The van der Waals surface area contributed by atoms with Crippen LogP contribution in [0.15, 0.2) is 22.7 Å². The van der Waals surface area contributed by atoms with Gasteiger partial charge in [-0.05, 0) is 47.0 Å². The van der Waals surface area contributed by atoms with E-state index in [2.05, 4.69) is 38.1 Å². The van der Waals surface area contributed by atoms with Crippen LogP contribution in [0.3, 0.4) is 0 Å². The summed E-state index contributed by atoms with van der Waals surface area (Å²) in [6, 6.07) is 5.53. The Morgan fingerprint density at radius 2 is 2.05 bits per heavy atom. The van der Waals surface area contributed by atoms with Gasteiger partial charge in [0.05, 0.1) is 5.69 Å². The second-order valence-corrected chi connectivity index (χ2v) is 5.81. The highest BCUT2D eigenvalue weighted by molar-refractivity contribution is 9.10. The normalized spacial score (nSPS) is 10.6. The van der Waals surface area contributed by atoms with Gasteiger partial charge in [0.2, 0.25) is 0 Å². The summed E-state index contributed by atoms with van der Waals surface area (Å²) >= 11 is 9.66. The van der Waals surface area contributed by atoms with E-state index in [0.717, 1.165) is 34.4 Å². The van der Waals surface area contributed by atoms with Crippen LogP contribution in [-0.2, 0) is 6.42 Å². The highest BCUT2D eigenvalue weighted by Gasteiger charge is 2.07. The van der Waals surface area contributed by atoms with Crippen LogP contribution < -0.4 is 11.1 Å². The third kappa shape index (κ3) is 3.61. The largest absolute Gasteiger partial charge is 0.384 e. The number of aryl methyl sites for hydroxylation is 2. The van der Waals surface area contributed by atoms with Gasteiger partial charge in [-0.2, -0.15) is 0 Å². The first-order valence-electron chi connectivity index (χ1n) is 6.35. The summed E-state index contributed by atoms with van der Waals surface area (Å²) in [6.45, 7) is 4.04. The lowest BCUT2D eigenvalue weighted by Crippen LogP contribution is -2.03. The zero-order chi connectivity index (χ0) is 14.7. The van der Waals surface area contributed by atoms with E-state index in [1.165, 1.54) is 0 Å². The van der Waals surface area contributed by atoms with E-state index in [1.807, 2.05) is 19.1 Å². The van der Waals surface area contributed by atoms with Crippen molar-refractivity contribution in [1.82, 2.24) is 9.97 Å². The molecule has 0 amide bonds. The number of hydrogen-bond acceptors (Lipinski definition) is 4. The molecule has 2 aromatic rings. The zero-order valence-electron chi connectivity index (χ0n) is 11.4. The van der Waals surface area contributed by atoms with Crippen molar-refractivity contribution in [2.75, 3.05) is 11.1 Å². The summed E-state index contributed by atoms with van der Waals surface area (Å²) in [5.74, 6) is 1.87. The van der Waals surface area contributed by atoms with Crippen molar-refractivity contribution in [3.8, 4) is 0 Å². The number of halogens is 2. The number of nitrogens with one attached hydrogen (secondary N) is 1. The van der Waals surface area contributed by atoms with Crippen LogP contribution in [0.2, 0.25) is 5.02 Å². The van der Waals surface area contributed by atoms with Crippen molar-refractivity contribution in [3.05, 3.63) is 39.1 Å². The number of aromatic nitrogens is 2. The predicted molar refractivity (Wildman–Crippen MR) is 87.6 cm³/mol. The summed E-state index contributed by atoms with van der Waals surface area (Å²) in [5.41, 5.74) is 7.67. The molecule has 0 fully saturated rings. The van der Waals surface area contributed by atoms with Gasteiger partial charge in [-0.1, -0.05) is 18.5 Å². The molecule has 0 radical (unpaired) electrons. The van der Waals surface area contributed by atoms with Crippen LogP contribution >= 0.6 is 27.5 Å². The summed E-state index contributed by atoms with van der Waals surface area (Å²) in [4.78, 5) is 8.65. The predicted octanol–water partition coefficient (Wildman–Crippen LogP) is 4.48. The Hall–Kier alpha value is -1.33. The van der Waals surface area contributed by atoms with Crippen LogP contribution in [0.1, 0.15) is 24.7 Å². The van der Waals surface area contributed by atoms with E-state index < -0.39 is 0 Å². The topological polar surface area (TPSA) is 63.8 Å². The third-order valence-electron chi connectivity index (χ3n) is 2.78. The smallest absolute Gasteiger partial charge is 0.136 e. The second-order valence-electron chi connectivity index (χ2n) is 4.55. The van der Waals surface area contributed by atoms with Gasteiger partial charge in [0, 0.05) is 22.0 Å². The summed E-state index contributed by atoms with van der Waals surface area (Å²) < 4.78 is 0.925. The molecule has 0 aliphatic heterocycles. The molecule has 4 nitrogen and oxygen atoms in total. The van der Waals surface area contributed by atoms with E-state index in [-0.39, 0.29) is 0 Å². The minimum absolute atomic E-state index is 0.459. The number of nitrogen functional groups attached to an aromatic ring is 1. The summed E-state index contributed by atoms with van der Waals surface area (Å²) in [5, 5.41) is 3.92. The van der Waals surface area contributed by atoms with Gasteiger partial charge in [0.25, 0.3) is 0 Å². The third-order valence-corrected chi connectivity index (χ3v) is 3.84. The van der Waals surface area contributed by atoms with E-state index in [4.69, 9.17) is 17.3 Å². The highest BCUT2D eigenvalue weighted by Crippen LogP contribution is 2.31. The molecule has 0 unspecified atom stereocenters. The molecule has 6 heteroatoms. The molecule has 3 N–H and O–H groups in total. The van der Waals surface area contributed by atoms with E-state index in [9.17, 15) is 0 Å². The van der Waals surface area contributed by atoms with E-state index >= 15 is 0 Å². The minimum atomic E-state index is 0.459. The molecular weight excluding hydrogens is 340 g/mol. The van der Waals surface area contributed by atoms with Gasteiger partial charge in [-0.25, -0.2) is 9.97 Å². The summed E-state index contributed by atoms with van der Waals surface area (Å²) in [7, 11) is 0. The lowest BCUT2D eigenvalue weighted by atomic mass is 10.2. The monoisotopic (exact) mass is 354 g/mol. The number of hydrogen-bond donors (Lipinski definition) is 2. The van der Waals surface area contributed by atoms with Gasteiger partial charge in [-0.3, -0.25) is 0 Å². The van der Waals surface area contributed by atoms with Crippen molar-refractivity contribution in [3.63, 3.8) is 0 Å². The Labute approximate surface area is 131 Å². The van der Waals surface area contributed by atoms with Crippen molar-refractivity contribution < 1.29 is 0 Å². The fourth-order valence-electron chi connectivity index (χ4n) is 1.80. The quantitative estimate of drug-likeness (QED) is 0.848. The molecule has 2 rings (SSSR count). The van der Waals surface area contributed by atoms with Crippen LogP contribution in [0.4, 0.5) is 17.3 Å². The van der Waals surface area contributed by atoms with Gasteiger partial charge in [0.15, 0.2) is 0 Å². The summed E-state index contributed by atoms with van der Waals surface area (Å²) in [6.07, 6.45) is 1.78.